The van der Waals surface area contributed by atoms with Gasteiger partial charge in [-0.2, -0.15) is 0 Å². The molecule has 5 nitrogen and oxygen atoms in total. The molecule has 0 radical (unpaired) electrons. The van der Waals surface area contributed by atoms with E-state index in [-0.39, 0.29) is 29.9 Å². The van der Waals surface area contributed by atoms with Crippen LogP contribution in [0.2, 0.25) is 0 Å². The van der Waals surface area contributed by atoms with Gasteiger partial charge in [0.15, 0.2) is 15.8 Å². The predicted molar refractivity (Wildman–Crippen MR) is 107 cm³/mol. The third-order valence-corrected chi connectivity index (χ3v) is 6.53. The molecule has 23 heavy (non-hydrogen) atoms. The third kappa shape index (κ3) is 7.15. The lowest BCUT2D eigenvalue weighted by molar-refractivity contribution is 0.306. The molecule has 0 amide bonds. The zero-order valence-electron chi connectivity index (χ0n) is 14.5. The minimum absolute atomic E-state index is 0. The van der Waals surface area contributed by atoms with Crippen molar-refractivity contribution in [1.29, 1.82) is 0 Å². The van der Waals surface area contributed by atoms with Gasteiger partial charge < -0.3 is 10.6 Å². The summed E-state index contributed by atoms with van der Waals surface area (Å²) >= 11 is 0. The van der Waals surface area contributed by atoms with Gasteiger partial charge >= 0.3 is 0 Å². The van der Waals surface area contributed by atoms with Crippen molar-refractivity contribution >= 4 is 39.8 Å². The first-order chi connectivity index (χ1) is 10.4. The summed E-state index contributed by atoms with van der Waals surface area (Å²) < 4.78 is 23.1. The Balaban J connectivity index is 0.00000264. The topological polar surface area (TPSA) is 70.6 Å². The van der Waals surface area contributed by atoms with Crippen LogP contribution in [-0.2, 0) is 9.84 Å². The maximum Gasteiger partial charge on any atom is 0.191 e. The molecule has 0 aromatic carbocycles. The molecular weight excluding hydrogens is 425 g/mol. The number of hydrogen-bond donors (Lipinski definition) is 2. The van der Waals surface area contributed by atoms with Gasteiger partial charge in [-0.3, -0.25) is 4.99 Å². The Bertz CT molecular complexity index is 494. The largest absolute Gasteiger partial charge is 0.354 e. The summed E-state index contributed by atoms with van der Waals surface area (Å²) in [7, 11) is -2.81. The average Bonchev–Trinajstić information content (AvgIpc) is 2.77. The fraction of sp³-hybridized carbons (Fsp3) is 0.938. The Labute approximate surface area is 158 Å². The van der Waals surface area contributed by atoms with E-state index < -0.39 is 9.84 Å². The lowest BCUT2D eigenvalue weighted by Gasteiger charge is -2.31. The molecule has 2 N–H and O–H groups in total. The van der Waals surface area contributed by atoms with Crippen LogP contribution < -0.4 is 10.6 Å². The quantitative estimate of drug-likeness (QED) is 0.387. The van der Waals surface area contributed by atoms with Gasteiger partial charge in [0, 0.05) is 18.6 Å². The molecule has 3 atom stereocenters. The molecule has 7 heteroatoms. The van der Waals surface area contributed by atoms with Crippen molar-refractivity contribution in [1.82, 2.24) is 10.6 Å². The van der Waals surface area contributed by atoms with Gasteiger partial charge in [0.25, 0.3) is 0 Å². The zero-order valence-corrected chi connectivity index (χ0v) is 17.7. The minimum Gasteiger partial charge on any atom is -0.354 e. The Morgan fingerprint density at radius 2 is 1.91 bits per heavy atom. The summed E-state index contributed by atoms with van der Waals surface area (Å²) in [6, 6.07) is 0.795. The first kappa shape index (κ1) is 21.0. The van der Waals surface area contributed by atoms with Crippen LogP contribution in [0.15, 0.2) is 4.99 Å². The van der Waals surface area contributed by atoms with Crippen molar-refractivity contribution in [3.05, 3.63) is 0 Å². The monoisotopic (exact) mass is 457 g/mol. The summed E-state index contributed by atoms with van der Waals surface area (Å²) in [4.78, 5) is 4.67. The highest BCUT2D eigenvalue weighted by atomic mass is 127. The van der Waals surface area contributed by atoms with Crippen LogP contribution in [0.5, 0.6) is 0 Å². The number of rotatable bonds is 4. The van der Waals surface area contributed by atoms with E-state index in [1.54, 1.807) is 0 Å². The molecule has 0 aromatic heterocycles. The van der Waals surface area contributed by atoms with Crippen LogP contribution in [-0.4, -0.2) is 44.5 Å². The Kier molecular flexibility index (Phi) is 8.61. The number of nitrogens with one attached hydrogen (secondary N) is 2. The van der Waals surface area contributed by atoms with Gasteiger partial charge in [-0.1, -0.05) is 19.8 Å². The van der Waals surface area contributed by atoms with E-state index >= 15 is 0 Å². The molecule has 0 aromatic rings. The summed E-state index contributed by atoms with van der Waals surface area (Å²) in [6.07, 6.45) is 5.81. The van der Waals surface area contributed by atoms with Gasteiger partial charge in [0.05, 0.1) is 11.5 Å². The third-order valence-electron chi connectivity index (χ3n) is 4.69. The van der Waals surface area contributed by atoms with Gasteiger partial charge in [0.2, 0.25) is 0 Å². The summed E-state index contributed by atoms with van der Waals surface area (Å²) in [5, 5.41) is 6.95. The van der Waals surface area contributed by atoms with Crippen molar-refractivity contribution in [2.75, 3.05) is 18.1 Å². The first-order valence-corrected chi connectivity index (χ1v) is 10.5. The van der Waals surface area contributed by atoms with Crippen LogP contribution in [0.3, 0.4) is 0 Å². The van der Waals surface area contributed by atoms with Crippen molar-refractivity contribution < 1.29 is 8.42 Å². The van der Waals surface area contributed by atoms with Crippen molar-refractivity contribution in [3.63, 3.8) is 0 Å². The fourth-order valence-corrected chi connectivity index (χ4v) is 5.20. The standard InChI is InChI=1S/C16H31N3O2S.HI/c1-12(2)18-16(19-15-7-5-4-6-13(15)3)17-10-14-8-9-22(20,21)11-14;/h12-15H,4-11H2,1-3H3,(H2,17,18,19);1H. The molecule has 1 aliphatic heterocycles. The highest BCUT2D eigenvalue weighted by Crippen LogP contribution is 2.23. The molecule has 1 saturated carbocycles. The van der Waals surface area contributed by atoms with Crippen molar-refractivity contribution in [2.45, 2.75) is 65.0 Å². The Hall–Kier alpha value is -0.0500. The fourth-order valence-electron chi connectivity index (χ4n) is 3.35. The second-order valence-electron chi connectivity index (χ2n) is 7.27. The Morgan fingerprint density at radius 1 is 1.22 bits per heavy atom. The van der Waals surface area contributed by atoms with Gasteiger partial charge in [-0.05, 0) is 44.9 Å². The van der Waals surface area contributed by atoms with Crippen molar-refractivity contribution in [3.8, 4) is 0 Å². The molecule has 136 valence electrons. The van der Waals surface area contributed by atoms with E-state index in [0.29, 0.717) is 36.1 Å². The second-order valence-corrected chi connectivity index (χ2v) is 9.50. The minimum atomic E-state index is -2.81. The number of sulfone groups is 1. The lowest BCUT2D eigenvalue weighted by atomic mass is 9.86. The molecule has 3 unspecified atom stereocenters. The SMILES string of the molecule is CC(C)NC(=NCC1CCS(=O)(=O)C1)NC1CCCCC1C.I. The summed E-state index contributed by atoms with van der Waals surface area (Å²) in [5.41, 5.74) is 0. The molecule has 1 aliphatic carbocycles. The van der Waals surface area contributed by atoms with Crippen LogP contribution >= 0.6 is 24.0 Å². The van der Waals surface area contributed by atoms with Crippen LogP contribution in [0.1, 0.15) is 52.9 Å². The molecular formula is C16H32IN3O2S. The van der Waals surface area contributed by atoms with Crippen molar-refractivity contribution in [2.24, 2.45) is 16.8 Å². The normalized spacial score (nSPS) is 30.8. The maximum atomic E-state index is 11.5. The van der Waals surface area contributed by atoms with E-state index in [1.165, 1.54) is 25.7 Å². The van der Waals surface area contributed by atoms with E-state index in [0.717, 1.165) is 12.4 Å². The molecule has 1 heterocycles. The predicted octanol–water partition coefficient (Wildman–Crippen LogP) is 2.56. The average molecular weight is 457 g/mol. The molecule has 2 aliphatic rings. The number of halogens is 1. The number of hydrogen-bond acceptors (Lipinski definition) is 3. The van der Waals surface area contributed by atoms with Gasteiger partial charge in [-0.25, -0.2) is 8.42 Å². The maximum absolute atomic E-state index is 11.5. The van der Waals surface area contributed by atoms with E-state index in [4.69, 9.17) is 0 Å². The van der Waals surface area contributed by atoms with Crippen LogP contribution in [0, 0.1) is 11.8 Å². The second kappa shape index (κ2) is 9.44. The molecule has 2 rings (SSSR count). The summed E-state index contributed by atoms with van der Waals surface area (Å²) in [5.74, 6) is 2.32. The Morgan fingerprint density at radius 3 is 2.48 bits per heavy atom. The molecule has 2 fully saturated rings. The smallest absolute Gasteiger partial charge is 0.191 e. The number of aliphatic imine (C=N–C) groups is 1. The first-order valence-electron chi connectivity index (χ1n) is 8.63. The van der Waals surface area contributed by atoms with E-state index in [2.05, 4.69) is 36.4 Å². The number of nitrogens with zero attached hydrogens (tertiary/aromatic N) is 1. The molecule has 0 spiro atoms. The van der Waals surface area contributed by atoms with Crippen LogP contribution in [0.4, 0.5) is 0 Å². The van der Waals surface area contributed by atoms with Crippen LogP contribution in [0.25, 0.3) is 0 Å². The zero-order chi connectivity index (χ0) is 16.2. The highest BCUT2D eigenvalue weighted by Gasteiger charge is 2.28. The summed E-state index contributed by atoms with van der Waals surface area (Å²) in [6.45, 7) is 7.10. The molecule has 1 saturated heterocycles. The van der Waals surface area contributed by atoms with Gasteiger partial charge in [0.1, 0.15) is 0 Å². The van der Waals surface area contributed by atoms with E-state index in [1.807, 2.05) is 0 Å². The molecule has 0 bridgehead atoms. The lowest BCUT2D eigenvalue weighted by Crippen LogP contribution is -2.49. The van der Waals surface area contributed by atoms with Gasteiger partial charge in [-0.15, -0.1) is 24.0 Å². The number of guanidine groups is 1. The van der Waals surface area contributed by atoms with E-state index in [9.17, 15) is 8.42 Å². The highest BCUT2D eigenvalue weighted by molar-refractivity contribution is 14.0.